The monoisotopic (exact) mass is 339 g/mol. The van der Waals surface area contributed by atoms with Gasteiger partial charge in [0.1, 0.15) is 11.6 Å². The van der Waals surface area contributed by atoms with Crippen LogP contribution in [-0.4, -0.2) is 47.1 Å². The van der Waals surface area contributed by atoms with Crippen molar-refractivity contribution in [3.63, 3.8) is 0 Å². The minimum absolute atomic E-state index is 0.126. The highest BCUT2D eigenvalue weighted by Crippen LogP contribution is 2.31. The van der Waals surface area contributed by atoms with Gasteiger partial charge in [0.25, 0.3) is 0 Å². The van der Waals surface area contributed by atoms with Crippen molar-refractivity contribution >= 4 is 17.5 Å². The van der Waals surface area contributed by atoms with Crippen LogP contribution < -0.4 is 15.0 Å². The van der Waals surface area contributed by atoms with Crippen LogP contribution in [0, 0.1) is 0 Å². The zero-order valence-electron chi connectivity index (χ0n) is 14.2. The molecule has 1 saturated heterocycles. The van der Waals surface area contributed by atoms with E-state index in [9.17, 15) is 4.79 Å². The Morgan fingerprint density at radius 1 is 1.40 bits per heavy atom. The van der Waals surface area contributed by atoms with Crippen LogP contribution >= 0.6 is 0 Å². The molecule has 7 heteroatoms. The summed E-state index contributed by atoms with van der Waals surface area (Å²) in [6.07, 6.45) is 7.28. The third kappa shape index (κ3) is 3.09. The van der Waals surface area contributed by atoms with Gasteiger partial charge in [0.05, 0.1) is 31.7 Å². The molecule has 1 atom stereocenters. The molecule has 2 aliphatic heterocycles. The van der Waals surface area contributed by atoms with Crippen molar-refractivity contribution in [2.24, 2.45) is 0 Å². The summed E-state index contributed by atoms with van der Waals surface area (Å²) in [5.41, 5.74) is 1.72. The van der Waals surface area contributed by atoms with Crippen LogP contribution in [-0.2, 0) is 6.54 Å². The average Bonchev–Trinajstić information content (AvgIpc) is 3.03. The van der Waals surface area contributed by atoms with Gasteiger partial charge in [-0.15, -0.1) is 0 Å². The average molecular weight is 339 g/mol. The van der Waals surface area contributed by atoms with E-state index in [0.717, 1.165) is 30.8 Å². The molecule has 2 aromatic heterocycles. The first-order valence-corrected chi connectivity index (χ1v) is 8.50. The second-order valence-electron chi connectivity index (χ2n) is 6.40. The van der Waals surface area contributed by atoms with Crippen molar-refractivity contribution in [1.29, 1.82) is 0 Å². The number of hydrogen-bond donors (Lipinski definition) is 1. The number of hydrogen-bond acceptors (Lipinski definition) is 5. The van der Waals surface area contributed by atoms with Crippen LogP contribution in [0.3, 0.4) is 0 Å². The Morgan fingerprint density at radius 3 is 3.20 bits per heavy atom. The SMILES string of the molecule is COc1cncc(NC(=O)N2Cc3cccnc3N3CCC[C@@H]3C2)c1. The number of nitrogens with one attached hydrogen (secondary N) is 1. The summed E-state index contributed by atoms with van der Waals surface area (Å²) >= 11 is 0. The summed E-state index contributed by atoms with van der Waals surface area (Å²) in [5, 5.41) is 2.93. The van der Waals surface area contributed by atoms with Crippen LogP contribution in [0.15, 0.2) is 36.8 Å². The fraction of sp³-hybridized carbons (Fsp3) is 0.389. The number of amides is 2. The highest BCUT2D eigenvalue weighted by Gasteiger charge is 2.33. The highest BCUT2D eigenvalue weighted by atomic mass is 16.5. The fourth-order valence-electron chi connectivity index (χ4n) is 3.60. The van der Waals surface area contributed by atoms with Crippen LogP contribution in [0.5, 0.6) is 5.75 Å². The van der Waals surface area contributed by atoms with Gasteiger partial charge < -0.3 is 19.9 Å². The van der Waals surface area contributed by atoms with Gasteiger partial charge >= 0.3 is 6.03 Å². The molecule has 0 radical (unpaired) electrons. The topological polar surface area (TPSA) is 70.6 Å². The van der Waals surface area contributed by atoms with Crippen molar-refractivity contribution in [3.8, 4) is 5.75 Å². The lowest BCUT2D eigenvalue weighted by Crippen LogP contribution is -2.42. The lowest BCUT2D eigenvalue weighted by molar-refractivity contribution is 0.207. The molecule has 4 rings (SSSR count). The minimum atomic E-state index is -0.126. The van der Waals surface area contributed by atoms with E-state index in [1.165, 1.54) is 0 Å². The number of fused-ring (bicyclic) bond motifs is 3. The smallest absolute Gasteiger partial charge is 0.322 e. The first kappa shape index (κ1) is 15.7. The Labute approximate surface area is 146 Å². The van der Waals surface area contributed by atoms with Gasteiger partial charge in [-0.25, -0.2) is 9.78 Å². The van der Waals surface area contributed by atoms with E-state index in [0.29, 0.717) is 30.6 Å². The Morgan fingerprint density at radius 2 is 2.32 bits per heavy atom. The molecule has 0 saturated carbocycles. The van der Waals surface area contributed by atoms with Gasteiger partial charge in [0.2, 0.25) is 0 Å². The highest BCUT2D eigenvalue weighted by molar-refractivity contribution is 5.89. The largest absolute Gasteiger partial charge is 0.495 e. The van der Waals surface area contributed by atoms with Gasteiger partial charge in [0, 0.05) is 37.0 Å². The molecule has 0 spiro atoms. The zero-order valence-corrected chi connectivity index (χ0v) is 14.2. The molecular formula is C18H21N5O2. The quantitative estimate of drug-likeness (QED) is 0.910. The number of urea groups is 1. The molecule has 0 unspecified atom stereocenters. The summed E-state index contributed by atoms with van der Waals surface area (Å²) in [7, 11) is 1.58. The molecule has 2 aromatic rings. The van der Waals surface area contributed by atoms with Gasteiger partial charge in [-0.2, -0.15) is 0 Å². The molecule has 130 valence electrons. The normalized spacial score (nSPS) is 19.0. The van der Waals surface area contributed by atoms with Crippen LogP contribution in [0.25, 0.3) is 0 Å². The van der Waals surface area contributed by atoms with Crippen molar-refractivity contribution in [1.82, 2.24) is 14.9 Å². The van der Waals surface area contributed by atoms with E-state index in [-0.39, 0.29) is 6.03 Å². The Hall–Kier alpha value is -2.83. The van der Waals surface area contributed by atoms with Gasteiger partial charge in [-0.1, -0.05) is 6.07 Å². The van der Waals surface area contributed by atoms with Crippen molar-refractivity contribution in [2.75, 3.05) is 30.4 Å². The van der Waals surface area contributed by atoms with Crippen molar-refractivity contribution in [3.05, 3.63) is 42.4 Å². The van der Waals surface area contributed by atoms with E-state index < -0.39 is 0 Å². The number of ether oxygens (including phenoxy) is 1. The Kier molecular flexibility index (Phi) is 4.13. The molecule has 4 heterocycles. The van der Waals surface area contributed by atoms with Crippen LogP contribution in [0.4, 0.5) is 16.3 Å². The third-order valence-corrected chi connectivity index (χ3v) is 4.80. The van der Waals surface area contributed by atoms with E-state index >= 15 is 0 Å². The summed E-state index contributed by atoms with van der Waals surface area (Å²) < 4.78 is 5.16. The van der Waals surface area contributed by atoms with Crippen LogP contribution in [0.1, 0.15) is 18.4 Å². The van der Waals surface area contributed by atoms with Gasteiger partial charge in [-0.3, -0.25) is 4.98 Å². The molecule has 7 nitrogen and oxygen atoms in total. The number of rotatable bonds is 2. The van der Waals surface area contributed by atoms with E-state index in [2.05, 4.69) is 26.3 Å². The van der Waals surface area contributed by atoms with Crippen molar-refractivity contribution in [2.45, 2.75) is 25.4 Å². The van der Waals surface area contributed by atoms with Gasteiger partial charge in [-0.05, 0) is 18.9 Å². The molecule has 2 amide bonds. The number of carbonyl (C=O) groups excluding carboxylic acids is 1. The number of methoxy groups -OCH3 is 1. The van der Waals surface area contributed by atoms with Gasteiger partial charge in [0.15, 0.2) is 0 Å². The van der Waals surface area contributed by atoms with E-state index in [4.69, 9.17) is 4.74 Å². The number of carbonyl (C=O) groups is 1. The second kappa shape index (κ2) is 6.58. The lowest BCUT2D eigenvalue weighted by Gasteiger charge is -2.27. The van der Waals surface area contributed by atoms with E-state index in [1.807, 2.05) is 17.2 Å². The molecule has 0 bridgehead atoms. The number of nitrogens with zero attached hydrogens (tertiary/aromatic N) is 4. The summed E-state index contributed by atoms with van der Waals surface area (Å²) in [4.78, 5) is 25.7. The molecule has 25 heavy (non-hydrogen) atoms. The van der Waals surface area contributed by atoms with Crippen molar-refractivity contribution < 1.29 is 9.53 Å². The molecular weight excluding hydrogens is 318 g/mol. The predicted octanol–water partition coefficient (Wildman–Crippen LogP) is 2.50. The predicted molar refractivity (Wildman–Crippen MR) is 94.8 cm³/mol. The molecule has 1 N–H and O–H groups in total. The summed E-state index contributed by atoms with van der Waals surface area (Å²) in [6.45, 7) is 2.25. The maximum atomic E-state index is 12.8. The first-order chi connectivity index (χ1) is 12.2. The molecule has 0 aromatic carbocycles. The van der Waals surface area contributed by atoms with Crippen LogP contribution in [0.2, 0.25) is 0 Å². The number of aromatic nitrogens is 2. The molecule has 1 fully saturated rings. The Bertz CT molecular complexity index is 782. The maximum absolute atomic E-state index is 12.8. The standard InChI is InChI=1S/C18H21N5O2/c1-25-16-8-14(9-19-10-16)21-18(24)22-11-13-4-2-6-20-17(13)23-7-3-5-15(23)12-22/h2,4,6,8-10,15H,3,5,7,11-12H2,1H3,(H,21,24)/t15-/m1/s1. The fourth-order valence-corrected chi connectivity index (χ4v) is 3.60. The number of anilines is 2. The minimum Gasteiger partial charge on any atom is -0.495 e. The first-order valence-electron chi connectivity index (χ1n) is 8.50. The molecule has 2 aliphatic rings. The summed E-state index contributed by atoms with van der Waals surface area (Å²) in [6, 6.07) is 5.94. The summed E-state index contributed by atoms with van der Waals surface area (Å²) in [5.74, 6) is 1.63. The lowest BCUT2D eigenvalue weighted by atomic mass is 10.2. The Balaban J connectivity index is 1.56. The molecule has 0 aliphatic carbocycles. The third-order valence-electron chi connectivity index (χ3n) is 4.80. The zero-order chi connectivity index (χ0) is 17.2. The van der Waals surface area contributed by atoms with E-state index in [1.54, 1.807) is 25.6 Å². The maximum Gasteiger partial charge on any atom is 0.322 e. The number of pyridine rings is 2. The second-order valence-corrected chi connectivity index (χ2v) is 6.40.